The fourth-order valence-corrected chi connectivity index (χ4v) is 5.90. The third-order valence-corrected chi connectivity index (χ3v) is 8.19. The molecule has 2 aromatic rings. The molecule has 0 saturated carbocycles. The first kappa shape index (κ1) is 22.0. The van der Waals surface area contributed by atoms with Gasteiger partial charge in [-0.1, -0.05) is 36.4 Å². The highest BCUT2D eigenvalue weighted by molar-refractivity contribution is 7.89. The molecule has 1 unspecified atom stereocenters. The molecular weight excluding hydrogens is 412 g/mol. The number of benzene rings is 2. The first-order valence-corrected chi connectivity index (χ1v) is 12.4. The van der Waals surface area contributed by atoms with Crippen LogP contribution in [-0.4, -0.2) is 62.4 Å². The van der Waals surface area contributed by atoms with E-state index in [-0.39, 0.29) is 16.8 Å². The molecule has 1 amide bonds. The van der Waals surface area contributed by atoms with Gasteiger partial charge in [0.2, 0.25) is 10.0 Å². The van der Waals surface area contributed by atoms with Gasteiger partial charge < -0.3 is 9.64 Å². The van der Waals surface area contributed by atoms with Gasteiger partial charge in [-0.15, -0.1) is 0 Å². The molecule has 2 fully saturated rings. The first-order chi connectivity index (χ1) is 15.0. The number of aryl methyl sites for hydroxylation is 2. The molecular formula is C24H30N2O4S. The van der Waals surface area contributed by atoms with Crippen LogP contribution in [0.25, 0.3) is 0 Å². The monoisotopic (exact) mass is 442 g/mol. The van der Waals surface area contributed by atoms with Crippen LogP contribution in [0.3, 0.4) is 0 Å². The summed E-state index contributed by atoms with van der Waals surface area (Å²) in [6.07, 6.45) is 3.82. The van der Waals surface area contributed by atoms with Gasteiger partial charge in [0.05, 0.1) is 18.1 Å². The molecule has 2 aromatic carbocycles. The van der Waals surface area contributed by atoms with E-state index in [1.165, 1.54) is 9.87 Å². The van der Waals surface area contributed by atoms with E-state index >= 15 is 0 Å². The average Bonchev–Trinajstić information content (AvgIpc) is 3.27. The van der Waals surface area contributed by atoms with Crippen LogP contribution >= 0.6 is 0 Å². The van der Waals surface area contributed by atoms with Crippen molar-refractivity contribution in [2.24, 2.45) is 0 Å². The summed E-state index contributed by atoms with van der Waals surface area (Å²) in [7, 11) is -3.64. The van der Waals surface area contributed by atoms with E-state index in [1.807, 2.05) is 30.0 Å². The molecule has 0 radical (unpaired) electrons. The standard InChI is InChI=1S/C24H30N2O4S/c1-19-9-12-22(31(28,29)25-14-16-30-17-15-25)18-23(19)24(27)26-13-5-8-21(26)11-10-20-6-3-2-4-7-20/h2-4,6-7,9,12,18,21H,5,8,10-11,13-17H2,1H3. The van der Waals surface area contributed by atoms with Gasteiger partial charge in [-0.05, 0) is 55.9 Å². The van der Waals surface area contributed by atoms with Crippen molar-refractivity contribution in [1.82, 2.24) is 9.21 Å². The average molecular weight is 443 g/mol. The number of likely N-dealkylation sites (tertiary alicyclic amines) is 1. The molecule has 0 bridgehead atoms. The Morgan fingerprint density at radius 3 is 2.55 bits per heavy atom. The van der Waals surface area contributed by atoms with Crippen molar-refractivity contribution in [3.8, 4) is 0 Å². The maximum Gasteiger partial charge on any atom is 0.254 e. The summed E-state index contributed by atoms with van der Waals surface area (Å²) in [6.45, 7) is 4.06. The summed E-state index contributed by atoms with van der Waals surface area (Å²) >= 11 is 0. The smallest absolute Gasteiger partial charge is 0.254 e. The van der Waals surface area contributed by atoms with Gasteiger partial charge in [0, 0.05) is 31.2 Å². The molecule has 0 spiro atoms. The molecule has 0 aliphatic carbocycles. The third-order valence-electron chi connectivity index (χ3n) is 6.29. The van der Waals surface area contributed by atoms with Crippen LogP contribution in [-0.2, 0) is 21.2 Å². The number of carbonyl (C=O) groups is 1. The van der Waals surface area contributed by atoms with Gasteiger partial charge in [0.1, 0.15) is 0 Å². The molecule has 6 nitrogen and oxygen atoms in total. The Balaban J connectivity index is 1.52. The van der Waals surface area contributed by atoms with Crippen molar-refractivity contribution < 1.29 is 17.9 Å². The highest BCUT2D eigenvalue weighted by atomic mass is 32.2. The minimum atomic E-state index is -3.64. The molecule has 31 heavy (non-hydrogen) atoms. The van der Waals surface area contributed by atoms with Gasteiger partial charge in [0.25, 0.3) is 5.91 Å². The summed E-state index contributed by atoms with van der Waals surface area (Å²) in [6, 6.07) is 15.4. The summed E-state index contributed by atoms with van der Waals surface area (Å²) in [5, 5.41) is 0. The van der Waals surface area contributed by atoms with Crippen LogP contribution in [0.5, 0.6) is 0 Å². The molecule has 0 N–H and O–H groups in total. The minimum Gasteiger partial charge on any atom is -0.379 e. The van der Waals surface area contributed by atoms with Gasteiger partial charge >= 0.3 is 0 Å². The van der Waals surface area contributed by atoms with E-state index in [0.717, 1.165) is 37.8 Å². The zero-order valence-electron chi connectivity index (χ0n) is 18.0. The van der Waals surface area contributed by atoms with Crippen molar-refractivity contribution in [3.63, 3.8) is 0 Å². The van der Waals surface area contributed by atoms with Crippen LogP contribution in [0.4, 0.5) is 0 Å². The fourth-order valence-electron chi connectivity index (χ4n) is 4.46. The lowest BCUT2D eigenvalue weighted by atomic mass is 10.0. The number of hydrogen-bond donors (Lipinski definition) is 0. The molecule has 7 heteroatoms. The Labute approximate surface area is 184 Å². The maximum atomic E-state index is 13.4. The van der Waals surface area contributed by atoms with Crippen molar-refractivity contribution in [1.29, 1.82) is 0 Å². The Hall–Kier alpha value is -2.22. The Kier molecular flexibility index (Phi) is 6.74. The maximum absolute atomic E-state index is 13.4. The van der Waals surface area contributed by atoms with E-state index < -0.39 is 10.0 Å². The predicted octanol–water partition coefficient (Wildman–Crippen LogP) is 3.25. The zero-order valence-corrected chi connectivity index (χ0v) is 18.8. The summed E-state index contributed by atoms with van der Waals surface area (Å²) in [4.78, 5) is 15.6. The molecule has 0 aromatic heterocycles. The van der Waals surface area contributed by atoms with Crippen molar-refractivity contribution >= 4 is 15.9 Å². The Morgan fingerprint density at radius 1 is 1.06 bits per heavy atom. The second kappa shape index (κ2) is 9.51. The SMILES string of the molecule is Cc1ccc(S(=O)(=O)N2CCOCC2)cc1C(=O)N1CCCC1CCc1ccccc1. The van der Waals surface area contributed by atoms with Crippen LogP contribution in [0.2, 0.25) is 0 Å². The normalized spacial score (nSPS) is 20.2. The molecule has 166 valence electrons. The van der Waals surface area contributed by atoms with Crippen LogP contribution in [0.1, 0.15) is 40.7 Å². The largest absolute Gasteiger partial charge is 0.379 e. The van der Waals surface area contributed by atoms with Gasteiger partial charge in [-0.25, -0.2) is 8.42 Å². The number of morpholine rings is 1. The minimum absolute atomic E-state index is 0.0629. The second-order valence-corrected chi connectivity index (χ2v) is 10.2. The topological polar surface area (TPSA) is 66.9 Å². The summed E-state index contributed by atoms with van der Waals surface area (Å²) < 4.78 is 32.8. The first-order valence-electron chi connectivity index (χ1n) is 11.0. The fraction of sp³-hybridized carbons (Fsp3) is 0.458. The molecule has 4 rings (SSSR count). The Bertz CT molecular complexity index is 1020. The number of ether oxygens (including phenoxy) is 1. The number of amides is 1. The number of carbonyl (C=O) groups excluding carboxylic acids is 1. The lowest BCUT2D eigenvalue weighted by molar-refractivity contribution is 0.0725. The van der Waals surface area contributed by atoms with E-state index in [0.29, 0.717) is 31.9 Å². The zero-order chi connectivity index (χ0) is 21.8. The molecule has 2 heterocycles. The summed E-state index contributed by atoms with van der Waals surface area (Å²) in [5.41, 5.74) is 2.57. The molecule has 1 atom stereocenters. The second-order valence-electron chi connectivity index (χ2n) is 8.31. The van der Waals surface area contributed by atoms with Crippen LogP contribution < -0.4 is 0 Å². The third kappa shape index (κ3) is 4.84. The lowest BCUT2D eigenvalue weighted by Gasteiger charge is -2.27. The molecule has 2 aliphatic heterocycles. The van der Waals surface area contributed by atoms with E-state index in [9.17, 15) is 13.2 Å². The predicted molar refractivity (Wildman–Crippen MR) is 120 cm³/mol. The number of sulfonamides is 1. The molecule has 2 saturated heterocycles. The number of rotatable bonds is 6. The van der Waals surface area contributed by atoms with Crippen molar-refractivity contribution in [2.45, 2.75) is 43.5 Å². The summed E-state index contributed by atoms with van der Waals surface area (Å²) in [5.74, 6) is -0.0629. The van der Waals surface area contributed by atoms with E-state index in [4.69, 9.17) is 4.74 Å². The number of hydrogen-bond acceptors (Lipinski definition) is 4. The van der Waals surface area contributed by atoms with E-state index in [2.05, 4.69) is 12.1 Å². The lowest BCUT2D eigenvalue weighted by Crippen LogP contribution is -2.40. The van der Waals surface area contributed by atoms with Crippen LogP contribution in [0, 0.1) is 6.92 Å². The van der Waals surface area contributed by atoms with Gasteiger partial charge in [-0.2, -0.15) is 4.31 Å². The van der Waals surface area contributed by atoms with Gasteiger partial charge in [0.15, 0.2) is 0 Å². The Morgan fingerprint density at radius 2 is 1.81 bits per heavy atom. The van der Waals surface area contributed by atoms with Crippen molar-refractivity contribution in [2.75, 3.05) is 32.8 Å². The van der Waals surface area contributed by atoms with E-state index in [1.54, 1.807) is 18.2 Å². The van der Waals surface area contributed by atoms with Crippen LogP contribution in [0.15, 0.2) is 53.4 Å². The molecule has 2 aliphatic rings. The highest BCUT2D eigenvalue weighted by Gasteiger charge is 2.32. The quantitative estimate of drug-likeness (QED) is 0.689. The number of nitrogens with zero attached hydrogens (tertiary/aromatic N) is 2. The van der Waals surface area contributed by atoms with Crippen molar-refractivity contribution in [3.05, 3.63) is 65.2 Å². The highest BCUT2D eigenvalue weighted by Crippen LogP contribution is 2.27. The van der Waals surface area contributed by atoms with Gasteiger partial charge in [-0.3, -0.25) is 4.79 Å².